The van der Waals surface area contributed by atoms with Crippen LogP contribution in [0.2, 0.25) is 0 Å². The van der Waals surface area contributed by atoms with Gasteiger partial charge >= 0.3 is 0 Å². The Bertz CT molecular complexity index is 369. The lowest BCUT2D eigenvalue weighted by molar-refractivity contribution is 0.480. The Kier molecular flexibility index (Phi) is 3.17. The van der Waals surface area contributed by atoms with Gasteiger partial charge in [0.25, 0.3) is 0 Å². The molecule has 0 nitrogen and oxygen atoms in total. The second-order valence-corrected chi connectivity index (χ2v) is 6.46. The van der Waals surface area contributed by atoms with Crippen molar-refractivity contribution in [3.05, 3.63) is 35.4 Å². The van der Waals surface area contributed by atoms with E-state index in [0.717, 1.165) is 24.2 Å². The van der Waals surface area contributed by atoms with Crippen molar-refractivity contribution >= 4 is 11.6 Å². The number of fused-ring (bicyclic) bond motifs is 1. The van der Waals surface area contributed by atoms with Gasteiger partial charge in [-0.3, -0.25) is 0 Å². The molecule has 3 unspecified atom stereocenters. The second kappa shape index (κ2) is 4.65. The molecular formula is C16H21Cl. The fourth-order valence-corrected chi connectivity index (χ4v) is 4.22. The quantitative estimate of drug-likeness (QED) is 0.687. The molecule has 1 aromatic carbocycles. The zero-order chi connectivity index (χ0) is 11.8. The largest absolute Gasteiger partial charge is 0.122 e. The SMILES string of the molecule is Cc1ccc(CC(Cl)C2C3CCCCC32)cc1. The third-order valence-corrected chi connectivity index (χ3v) is 5.14. The number of hydrogen-bond donors (Lipinski definition) is 0. The molecule has 92 valence electrons. The second-order valence-electron chi connectivity index (χ2n) is 5.90. The van der Waals surface area contributed by atoms with Crippen LogP contribution in [0, 0.1) is 24.7 Å². The first-order valence-corrected chi connectivity index (χ1v) is 7.39. The summed E-state index contributed by atoms with van der Waals surface area (Å²) < 4.78 is 0. The summed E-state index contributed by atoms with van der Waals surface area (Å²) in [5, 5.41) is 0.366. The molecule has 3 rings (SSSR count). The highest BCUT2D eigenvalue weighted by Crippen LogP contribution is 2.58. The molecule has 2 aliphatic rings. The van der Waals surface area contributed by atoms with Crippen molar-refractivity contribution < 1.29 is 0 Å². The highest BCUT2D eigenvalue weighted by atomic mass is 35.5. The minimum absolute atomic E-state index is 0.366. The highest BCUT2D eigenvalue weighted by molar-refractivity contribution is 6.21. The zero-order valence-corrected chi connectivity index (χ0v) is 11.3. The lowest BCUT2D eigenvalue weighted by Crippen LogP contribution is -2.08. The smallest absolute Gasteiger partial charge is 0.0410 e. The number of halogens is 1. The van der Waals surface area contributed by atoms with Crippen molar-refractivity contribution in [1.82, 2.24) is 0 Å². The van der Waals surface area contributed by atoms with Crippen LogP contribution >= 0.6 is 11.6 Å². The summed E-state index contributed by atoms with van der Waals surface area (Å²) in [6, 6.07) is 8.85. The molecule has 0 heterocycles. The Labute approximate surface area is 109 Å². The molecule has 3 atom stereocenters. The maximum absolute atomic E-state index is 6.63. The van der Waals surface area contributed by atoms with Crippen LogP contribution in [-0.2, 0) is 6.42 Å². The summed E-state index contributed by atoms with van der Waals surface area (Å²) in [5.74, 6) is 2.76. The van der Waals surface area contributed by atoms with Crippen LogP contribution in [0.1, 0.15) is 36.8 Å². The van der Waals surface area contributed by atoms with Gasteiger partial charge in [0.1, 0.15) is 0 Å². The van der Waals surface area contributed by atoms with E-state index >= 15 is 0 Å². The fourth-order valence-electron chi connectivity index (χ4n) is 3.67. The molecule has 1 heteroatoms. The summed E-state index contributed by atoms with van der Waals surface area (Å²) in [6.07, 6.45) is 6.80. The van der Waals surface area contributed by atoms with Gasteiger partial charge < -0.3 is 0 Å². The Morgan fingerprint density at radius 1 is 1.12 bits per heavy atom. The standard InChI is InChI=1S/C16H21Cl/c1-11-6-8-12(9-7-11)10-15(17)16-13-4-2-3-5-14(13)16/h6-9,13-16H,2-5,10H2,1H3. The zero-order valence-electron chi connectivity index (χ0n) is 10.5. The third kappa shape index (κ3) is 2.38. The van der Waals surface area contributed by atoms with Gasteiger partial charge in [-0.05, 0) is 49.5 Å². The van der Waals surface area contributed by atoms with Gasteiger partial charge in [-0.15, -0.1) is 11.6 Å². The predicted octanol–water partition coefficient (Wildman–Crippen LogP) is 4.58. The molecular weight excluding hydrogens is 228 g/mol. The summed E-state index contributed by atoms with van der Waals surface area (Å²) in [5.41, 5.74) is 2.74. The van der Waals surface area contributed by atoms with E-state index in [1.165, 1.54) is 36.8 Å². The summed E-state index contributed by atoms with van der Waals surface area (Å²) in [7, 11) is 0. The molecule has 0 aliphatic heterocycles. The van der Waals surface area contributed by atoms with Gasteiger partial charge in [0.05, 0.1) is 0 Å². The highest BCUT2D eigenvalue weighted by Gasteiger charge is 2.53. The fraction of sp³-hybridized carbons (Fsp3) is 0.625. The minimum atomic E-state index is 0.366. The molecule has 2 aliphatic carbocycles. The molecule has 0 bridgehead atoms. The number of alkyl halides is 1. The first-order valence-electron chi connectivity index (χ1n) is 6.95. The van der Waals surface area contributed by atoms with Crippen molar-refractivity contribution in [3.8, 4) is 0 Å². The lowest BCUT2D eigenvalue weighted by atomic mass is 10.0. The summed E-state index contributed by atoms with van der Waals surface area (Å²) in [4.78, 5) is 0. The van der Waals surface area contributed by atoms with E-state index in [9.17, 15) is 0 Å². The van der Waals surface area contributed by atoms with Crippen LogP contribution in [0.15, 0.2) is 24.3 Å². The predicted molar refractivity (Wildman–Crippen MR) is 73.5 cm³/mol. The maximum atomic E-state index is 6.63. The Balaban J connectivity index is 1.60. The van der Waals surface area contributed by atoms with E-state index < -0.39 is 0 Å². The van der Waals surface area contributed by atoms with Crippen LogP contribution in [-0.4, -0.2) is 5.38 Å². The van der Waals surface area contributed by atoms with Crippen LogP contribution in [0.25, 0.3) is 0 Å². The van der Waals surface area contributed by atoms with Crippen molar-refractivity contribution in [2.45, 2.75) is 44.4 Å². The summed E-state index contributed by atoms with van der Waals surface area (Å²) in [6.45, 7) is 2.14. The van der Waals surface area contributed by atoms with E-state index in [4.69, 9.17) is 11.6 Å². The number of aryl methyl sites for hydroxylation is 1. The van der Waals surface area contributed by atoms with Gasteiger partial charge in [-0.2, -0.15) is 0 Å². The normalized spacial score (nSPS) is 32.9. The first kappa shape index (κ1) is 11.6. The third-order valence-electron chi connectivity index (χ3n) is 4.69. The van der Waals surface area contributed by atoms with E-state index in [-0.39, 0.29) is 0 Å². The van der Waals surface area contributed by atoms with Gasteiger partial charge in [0.2, 0.25) is 0 Å². The van der Waals surface area contributed by atoms with Crippen molar-refractivity contribution in [2.24, 2.45) is 17.8 Å². The van der Waals surface area contributed by atoms with E-state index in [1.54, 1.807) is 0 Å². The molecule has 0 N–H and O–H groups in total. The molecule has 17 heavy (non-hydrogen) atoms. The molecule has 0 saturated heterocycles. The Hall–Kier alpha value is -0.490. The molecule has 2 fully saturated rings. The van der Waals surface area contributed by atoms with E-state index in [0.29, 0.717) is 5.38 Å². The number of rotatable bonds is 3. The molecule has 0 spiro atoms. The van der Waals surface area contributed by atoms with Gasteiger partial charge in [0, 0.05) is 5.38 Å². The van der Waals surface area contributed by atoms with Gasteiger partial charge in [-0.25, -0.2) is 0 Å². The Morgan fingerprint density at radius 3 is 2.29 bits per heavy atom. The molecule has 1 aromatic rings. The topological polar surface area (TPSA) is 0 Å². The summed E-state index contributed by atoms with van der Waals surface area (Å²) >= 11 is 6.63. The average molecular weight is 249 g/mol. The lowest BCUT2D eigenvalue weighted by Gasteiger charge is -2.09. The van der Waals surface area contributed by atoms with Crippen LogP contribution in [0.5, 0.6) is 0 Å². The van der Waals surface area contributed by atoms with Crippen LogP contribution in [0.3, 0.4) is 0 Å². The van der Waals surface area contributed by atoms with E-state index in [2.05, 4.69) is 31.2 Å². The van der Waals surface area contributed by atoms with E-state index in [1.807, 2.05) is 0 Å². The van der Waals surface area contributed by atoms with Gasteiger partial charge in [-0.1, -0.05) is 42.7 Å². The molecule has 0 amide bonds. The first-order chi connectivity index (χ1) is 8.25. The van der Waals surface area contributed by atoms with Crippen molar-refractivity contribution in [2.75, 3.05) is 0 Å². The number of hydrogen-bond acceptors (Lipinski definition) is 0. The van der Waals surface area contributed by atoms with Crippen LogP contribution in [0.4, 0.5) is 0 Å². The number of benzene rings is 1. The minimum Gasteiger partial charge on any atom is -0.122 e. The molecule has 0 aromatic heterocycles. The Morgan fingerprint density at radius 2 is 1.71 bits per heavy atom. The molecule has 0 radical (unpaired) electrons. The van der Waals surface area contributed by atoms with Crippen molar-refractivity contribution in [1.29, 1.82) is 0 Å². The molecule has 2 saturated carbocycles. The van der Waals surface area contributed by atoms with Crippen molar-refractivity contribution in [3.63, 3.8) is 0 Å². The average Bonchev–Trinajstić information content (AvgIpc) is 3.06. The monoisotopic (exact) mass is 248 g/mol. The maximum Gasteiger partial charge on any atom is 0.0410 e. The van der Waals surface area contributed by atoms with Crippen LogP contribution < -0.4 is 0 Å². The van der Waals surface area contributed by atoms with Gasteiger partial charge in [0.15, 0.2) is 0 Å².